The van der Waals surface area contributed by atoms with E-state index in [0.717, 1.165) is 9.84 Å². The topological polar surface area (TPSA) is 12.0 Å². The Bertz CT molecular complexity index is 128. The Morgan fingerprint density at radius 3 is 2.36 bits per heavy atom. The molecule has 1 saturated heterocycles. The molecule has 1 aliphatic heterocycles. The first-order chi connectivity index (χ1) is 5.02. The average Bonchev–Trinajstić information content (AvgIpc) is 1.86. The highest BCUT2D eigenvalue weighted by Crippen LogP contribution is 2.36. The van der Waals surface area contributed by atoms with Crippen molar-refractivity contribution in [2.45, 2.75) is 31.1 Å². The van der Waals surface area contributed by atoms with Crippen molar-refractivity contribution in [3.8, 4) is 0 Å². The molecule has 2 unspecified atom stereocenters. The fraction of sp³-hybridized carbons (Fsp3) is 1.00. The molecule has 0 bridgehead atoms. The lowest BCUT2D eigenvalue weighted by Crippen LogP contribution is -2.42. The highest BCUT2D eigenvalue weighted by molar-refractivity contribution is 14.1. The molecule has 1 aliphatic rings. The van der Waals surface area contributed by atoms with Gasteiger partial charge in [0, 0.05) is 10.5 Å². The second kappa shape index (κ2) is 3.60. The molecule has 66 valence electrons. The second-order valence-electron chi connectivity index (χ2n) is 4.48. The van der Waals surface area contributed by atoms with Crippen molar-refractivity contribution in [3.63, 3.8) is 0 Å². The zero-order chi connectivity index (χ0) is 8.48. The van der Waals surface area contributed by atoms with E-state index < -0.39 is 0 Å². The molecule has 1 rings (SSSR count). The van der Waals surface area contributed by atoms with E-state index in [-0.39, 0.29) is 0 Å². The Balaban J connectivity index is 2.55. The normalized spacial score (nSPS) is 33.8. The molecular weight excluding hydrogens is 249 g/mol. The van der Waals surface area contributed by atoms with Gasteiger partial charge in [0.1, 0.15) is 0 Å². The average molecular weight is 267 g/mol. The highest BCUT2D eigenvalue weighted by atomic mass is 127. The first kappa shape index (κ1) is 9.78. The maximum Gasteiger partial charge on any atom is 0.0268 e. The number of piperidine rings is 1. The minimum Gasteiger partial charge on any atom is -0.316 e. The Morgan fingerprint density at radius 1 is 1.36 bits per heavy atom. The van der Waals surface area contributed by atoms with E-state index in [2.05, 4.69) is 48.7 Å². The highest BCUT2D eigenvalue weighted by Gasteiger charge is 2.32. The van der Waals surface area contributed by atoms with Crippen LogP contribution < -0.4 is 5.32 Å². The molecule has 2 atom stereocenters. The van der Waals surface area contributed by atoms with Crippen LogP contribution in [0.3, 0.4) is 0 Å². The number of halogens is 1. The second-order valence-corrected chi connectivity index (χ2v) is 6.08. The summed E-state index contributed by atoms with van der Waals surface area (Å²) >= 11 is 2.58. The first-order valence-electron chi connectivity index (χ1n) is 4.36. The lowest BCUT2D eigenvalue weighted by Gasteiger charge is -2.38. The van der Waals surface area contributed by atoms with E-state index in [1.807, 2.05) is 0 Å². The Labute approximate surface area is 83.5 Å². The Morgan fingerprint density at radius 2 is 2.00 bits per heavy atom. The Hall–Kier alpha value is 0.690. The summed E-state index contributed by atoms with van der Waals surface area (Å²) in [6, 6.07) is 0. The summed E-state index contributed by atoms with van der Waals surface area (Å²) in [7, 11) is 0. The Kier molecular flexibility index (Phi) is 3.20. The molecule has 1 nitrogen and oxygen atoms in total. The summed E-state index contributed by atoms with van der Waals surface area (Å²) in [5.41, 5.74) is 0.494. The van der Waals surface area contributed by atoms with E-state index in [4.69, 9.17) is 0 Å². The quantitative estimate of drug-likeness (QED) is 0.525. The summed E-state index contributed by atoms with van der Waals surface area (Å²) < 4.78 is 0.821. The van der Waals surface area contributed by atoms with E-state index in [1.165, 1.54) is 19.5 Å². The predicted molar refractivity (Wildman–Crippen MR) is 58.2 cm³/mol. The summed E-state index contributed by atoms with van der Waals surface area (Å²) in [6.07, 6.45) is 1.34. The van der Waals surface area contributed by atoms with Gasteiger partial charge in [-0.3, -0.25) is 0 Å². The van der Waals surface area contributed by atoms with E-state index >= 15 is 0 Å². The summed E-state index contributed by atoms with van der Waals surface area (Å²) in [5, 5.41) is 3.43. The number of rotatable bonds is 0. The summed E-state index contributed by atoms with van der Waals surface area (Å²) in [6.45, 7) is 9.47. The minimum absolute atomic E-state index is 0.494. The lowest BCUT2D eigenvalue weighted by molar-refractivity contribution is 0.202. The molecule has 0 aliphatic carbocycles. The lowest BCUT2D eigenvalue weighted by atomic mass is 9.75. The van der Waals surface area contributed by atoms with Crippen molar-refractivity contribution in [2.75, 3.05) is 13.1 Å². The van der Waals surface area contributed by atoms with Crippen molar-refractivity contribution >= 4 is 22.6 Å². The van der Waals surface area contributed by atoms with Crippen LogP contribution in [0.5, 0.6) is 0 Å². The van der Waals surface area contributed by atoms with Gasteiger partial charge in [0.2, 0.25) is 0 Å². The van der Waals surface area contributed by atoms with Gasteiger partial charge in [-0.1, -0.05) is 43.4 Å². The molecule has 0 amide bonds. The van der Waals surface area contributed by atoms with Crippen molar-refractivity contribution < 1.29 is 0 Å². The fourth-order valence-corrected chi connectivity index (χ4v) is 3.55. The molecule has 1 fully saturated rings. The van der Waals surface area contributed by atoms with Crippen LogP contribution in [0.4, 0.5) is 0 Å². The van der Waals surface area contributed by atoms with Crippen molar-refractivity contribution in [3.05, 3.63) is 0 Å². The number of hydrogen-bond donors (Lipinski definition) is 1. The molecule has 0 radical (unpaired) electrons. The predicted octanol–water partition coefficient (Wildman–Crippen LogP) is 2.45. The van der Waals surface area contributed by atoms with Crippen LogP contribution in [-0.2, 0) is 0 Å². The SMILES string of the molecule is CC(C)(C)C1CCNCC1I. The summed E-state index contributed by atoms with van der Waals surface area (Å²) in [4.78, 5) is 0. The molecule has 0 saturated carbocycles. The zero-order valence-electron chi connectivity index (χ0n) is 7.65. The molecule has 11 heavy (non-hydrogen) atoms. The van der Waals surface area contributed by atoms with Gasteiger partial charge in [0.25, 0.3) is 0 Å². The number of alkyl halides is 1. The van der Waals surface area contributed by atoms with Gasteiger partial charge < -0.3 is 5.32 Å². The van der Waals surface area contributed by atoms with E-state index in [1.54, 1.807) is 0 Å². The van der Waals surface area contributed by atoms with Crippen molar-refractivity contribution in [1.82, 2.24) is 5.32 Å². The van der Waals surface area contributed by atoms with Crippen LogP contribution in [0.15, 0.2) is 0 Å². The zero-order valence-corrected chi connectivity index (χ0v) is 9.81. The molecule has 0 spiro atoms. The molecule has 0 aromatic carbocycles. The monoisotopic (exact) mass is 267 g/mol. The molecule has 0 aromatic heterocycles. The minimum atomic E-state index is 0.494. The molecule has 1 heterocycles. The van der Waals surface area contributed by atoms with Crippen molar-refractivity contribution in [2.24, 2.45) is 11.3 Å². The maximum absolute atomic E-state index is 3.43. The van der Waals surface area contributed by atoms with Crippen LogP contribution >= 0.6 is 22.6 Å². The summed E-state index contributed by atoms with van der Waals surface area (Å²) in [5.74, 6) is 0.893. The fourth-order valence-electron chi connectivity index (χ4n) is 1.80. The third-order valence-electron chi connectivity index (χ3n) is 2.52. The molecule has 1 N–H and O–H groups in total. The maximum atomic E-state index is 3.43. The number of nitrogens with one attached hydrogen (secondary N) is 1. The molecule has 0 aromatic rings. The van der Waals surface area contributed by atoms with Crippen LogP contribution in [-0.4, -0.2) is 17.0 Å². The molecule has 2 heteroatoms. The van der Waals surface area contributed by atoms with Gasteiger partial charge in [-0.25, -0.2) is 0 Å². The van der Waals surface area contributed by atoms with Gasteiger partial charge in [-0.15, -0.1) is 0 Å². The van der Waals surface area contributed by atoms with Crippen LogP contribution in [0.2, 0.25) is 0 Å². The first-order valence-corrected chi connectivity index (χ1v) is 5.61. The van der Waals surface area contributed by atoms with Gasteiger partial charge in [0.05, 0.1) is 0 Å². The third kappa shape index (κ3) is 2.58. The van der Waals surface area contributed by atoms with Gasteiger partial charge in [-0.2, -0.15) is 0 Å². The molecular formula is C9H18IN. The van der Waals surface area contributed by atoms with Gasteiger partial charge in [-0.05, 0) is 24.3 Å². The number of hydrogen-bond acceptors (Lipinski definition) is 1. The van der Waals surface area contributed by atoms with Crippen LogP contribution in [0.25, 0.3) is 0 Å². The van der Waals surface area contributed by atoms with Gasteiger partial charge >= 0.3 is 0 Å². The smallest absolute Gasteiger partial charge is 0.0268 e. The van der Waals surface area contributed by atoms with Crippen molar-refractivity contribution in [1.29, 1.82) is 0 Å². The van der Waals surface area contributed by atoms with E-state index in [9.17, 15) is 0 Å². The van der Waals surface area contributed by atoms with E-state index in [0.29, 0.717) is 5.41 Å². The largest absolute Gasteiger partial charge is 0.316 e. The standard InChI is InChI=1S/C9H18IN/c1-9(2,3)7-4-5-11-6-8(7)10/h7-8,11H,4-6H2,1-3H3. The van der Waals surface area contributed by atoms with Crippen LogP contribution in [0, 0.1) is 11.3 Å². The third-order valence-corrected chi connectivity index (χ3v) is 3.83. The van der Waals surface area contributed by atoms with Gasteiger partial charge in [0.15, 0.2) is 0 Å². The van der Waals surface area contributed by atoms with Crippen LogP contribution in [0.1, 0.15) is 27.2 Å².